The van der Waals surface area contributed by atoms with Crippen LogP contribution < -0.4 is 18.7 Å². The fourth-order valence-electron chi connectivity index (χ4n) is 5.87. The second-order valence-corrected chi connectivity index (χ2v) is 9.84. The lowest BCUT2D eigenvalue weighted by molar-refractivity contribution is -0.131. The largest absolute Gasteiger partial charge is 0.491 e. The Morgan fingerprint density at radius 2 is 1.61 bits per heavy atom. The standard InChI is InChI=1S/C30H21ClNO4/c1-19-9-11-20(12-10-19)16-32(22-6-4-5-21(31)13-22)25-8-3-2-7-23(25)30(29(32)33)17-34-26-15-28-27(14-24(26)30)35-18-36-28/h1-15H,16-18H2/q+1. The third-order valence-corrected chi connectivity index (χ3v) is 7.75. The van der Waals surface area contributed by atoms with Crippen molar-refractivity contribution in [2.75, 3.05) is 13.4 Å². The highest BCUT2D eigenvalue weighted by molar-refractivity contribution is 6.31. The van der Waals surface area contributed by atoms with Gasteiger partial charge in [-0.2, -0.15) is 4.48 Å². The van der Waals surface area contributed by atoms with Crippen LogP contribution in [0.4, 0.5) is 11.4 Å². The summed E-state index contributed by atoms with van der Waals surface area (Å²) in [6.07, 6.45) is 0. The van der Waals surface area contributed by atoms with E-state index in [4.69, 9.17) is 32.7 Å². The SMILES string of the molecule is [CH]c1ccc(C[N+]2(c3cccc(Cl)c3)C(=O)C3(COc4cc5c(cc43)OCO5)c3ccccc32)cc1. The molecule has 0 N–H and O–H groups in total. The average molecular weight is 495 g/mol. The van der Waals surface area contributed by atoms with Crippen LogP contribution in [0.15, 0.2) is 84.9 Å². The summed E-state index contributed by atoms with van der Waals surface area (Å²) in [5.74, 6) is 1.89. The summed E-state index contributed by atoms with van der Waals surface area (Å²) in [7, 11) is 0. The fourth-order valence-corrected chi connectivity index (χ4v) is 6.06. The zero-order valence-electron chi connectivity index (χ0n) is 19.2. The van der Waals surface area contributed by atoms with Crippen LogP contribution in [0.3, 0.4) is 0 Å². The van der Waals surface area contributed by atoms with E-state index in [1.807, 2.05) is 84.9 Å². The van der Waals surface area contributed by atoms with E-state index < -0.39 is 5.41 Å². The molecule has 1 amide bonds. The van der Waals surface area contributed by atoms with Gasteiger partial charge in [-0.25, -0.2) is 4.79 Å². The van der Waals surface area contributed by atoms with Crippen molar-refractivity contribution in [2.24, 2.45) is 0 Å². The number of benzene rings is 4. The Labute approximate surface area is 214 Å². The zero-order chi connectivity index (χ0) is 24.5. The minimum Gasteiger partial charge on any atom is -0.491 e. The normalized spacial score (nSPS) is 23.0. The maximum absolute atomic E-state index is 15.1. The van der Waals surface area contributed by atoms with Gasteiger partial charge in [0.2, 0.25) is 6.79 Å². The molecule has 0 aliphatic carbocycles. The number of rotatable bonds is 3. The molecule has 3 aliphatic rings. The van der Waals surface area contributed by atoms with Gasteiger partial charge in [-0.1, -0.05) is 60.1 Å². The van der Waals surface area contributed by atoms with Gasteiger partial charge in [0.1, 0.15) is 24.6 Å². The van der Waals surface area contributed by atoms with Crippen LogP contribution in [0.1, 0.15) is 22.3 Å². The summed E-state index contributed by atoms with van der Waals surface area (Å²) in [4.78, 5) is 15.1. The van der Waals surface area contributed by atoms with Crippen molar-refractivity contribution in [2.45, 2.75) is 12.0 Å². The summed E-state index contributed by atoms with van der Waals surface area (Å²) < 4.78 is 17.4. The number of ether oxygens (including phenoxy) is 3. The molecular formula is C30H21ClNO4+. The molecule has 5 nitrogen and oxygen atoms in total. The van der Waals surface area contributed by atoms with Gasteiger partial charge in [0.05, 0.1) is 0 Å². The van der Waals surface area contributed by atoms with E-state index in [0.717, 1.165) is 28.1 Å². The van der Waals surface area contributed by atoms with Crippen molar-refractivity contribution in [3.05, 3.63) is 119 Å². The third-order valence-electron chi connectivity index (χ3n) is 7.51. The van der Waals surface area contributed by atoms with Crippen molar-refractivity contribution >= 4 is 28.9 Å². The molecule has 0 saturated carbocycles. The number of para-hydroxylation sites is 1. The van der Waals surface area contributed by atoms with Crippen molar-refractivity contribution in [3.8, 4) is 17.2 Å². The second-order valence-electron chi connectivity index (χ2n) is 9.41. The molecule has 2 radical (unpaired) electrons. The molecule has 3 aliphatic heterocycles. The third kappa shape index (κ3) is 2.78. The van der Waals surface area contributed by atoms with Gasteiger partial charge in [0.15, 0.2) is 22.6 Å². The maximum atomic E-state index is 15.1. The smallest absolute Gasteiger partial charge is 0.343 e. The summed E-state index contributed by atoms with van der Waals surface area (Å²) in [6.45, 7) is 6.71. The van der Waals surface area contributed by atoms with E-state index in [1.165, 1.54) is 0 Å². The van der Waals surface area contributed by atoms with Crippen molar-refractivity contribution in [1.82, 2.24) is 4.48 Å². The first-order chi connectivity index (χ1) is 17.5. The van der Waals surface area contributed by atoms with Crippen LogP contribution in [0, 0.1) is 6.92 Å². The Kier molecular flexibility index (Phi) is 4.53. The lowest BCUT2D eigenvalue weighted by Crippen LogP contribution is -2.53. The average Bonchev–Trinajstić information content (AvgIpc) is 3.56. The summed E-state index contributed by atoms with van der Waals surface area (Å²) >= 11 is 6.49. The van der Waals surface area contributed by atoms with E-state index >= 15 is 4.79 Å². The van der Waals surface area contributed by atoms with Crippen LogP contribution in [0.25, 0.3) is 0 Å². The first-order valence-corrected chi connectivity index (χ1v) is 12.1. The first kappa shape index (κ1) is 21.5. The van der Waals surface area contributed by atoms with E-state index in [-0.39, 0.29) is 23.8 Å². The molecule has 36 heavy (non-hydrogen) atoms. The molecule has 0 aromatic heterocycles. The summed E-state index contributed by atoms with van der Waals surface area (Å²) in [6, 6.07) is 27.0. The van der Waals surface area contributed by atoms with Gasteiger partial charge in [-0.3, -0.25) is 0 Å². The number of amides is 1. The monoisotopic (exact) mass is 494 g/mol. The number of nitrogens with zero attached hydrogens (tertiary/aromatic N) is 1. The lowest BCUT2D eigenvalue weighted by Gasteiger charge is -2.33. The molecular weight excluding hydrogens is 474 g/mol. The Bertz CT molecular complexity index is 1550. The van der Waals surface area contributed by atoms with E-state index in [2.05, 4.69) is 0 Å². The minimum absolute atomic E-state index is 0.000377. The number of carbonyl (C=O) groups excluding carboxylic acids is 1. The number of carbonyl (C=O) groups is 1. The van der Waals surface area contributed by atoms with Crippen molar-refractivity contribution in [3.63, 3.8) is 0 Å². The zero-order valence-corrected chi connectivity index (χ0v) is 20.0. The Morgan fingerprint density at radius 3 is 2.42 bits per heavy atom. The second kappa shape index (κ2) is 7.60. The van der Waals surface area contributed by atoms with Gasteiger partial charge in [-0.05, 0) is 24.6 Å². The molecule has 2 atom stereocenters. The van der Waals surface area contributed by atoms with Gasteiger partial charge < -0.3 is 14.2 Å². The van der Waals surface area contributed by atoms with E-state index in [1.54, 1.807) is 0 Å². The number of hydrogen-bond donors (Lipinski definition) is 0. The maximum Gasteiger partial charge on any atom is 0.343 e. The number of quaternary nitrogens is 1. The van der Waals surface area contributed by atoms with Crippen LogP contribution >= 0.6 is 11.6 Å². The van der Waals surface area contributed by atoms with E-state index in [0.29, 0.717) is 34.4 Å². The van der Waals surface area contributed by atoms with Gasteiger partial charge >= 0.3 is 5.91 Å². The number of fused-ring (bicyclic) bond motifs is 5. The Balaban J connectivity index is 1.51. The molecule has 4 aromatic carbocycles. The number of halogens is 1. The molecule has 0 bridgehead atoms. The quantitative estimate of drug-likeness (QED) is 0.319. The molecule has 6 heteroatoms. The summed E-state index contributed by atoms with van der Waals surface area (Å²) in [5, 5.41) is 0.569. The highest BCUT2D eigenvalue weighted by Crippen LogP contribution is 2.60. The predicted octanol–water partition coefficient (Wildman–Crippen LogP) is 6.19. The van der Waals surface area contributed by atoms with Gasteiger partial charge in [0.25, 0.3) is 0 Å². The van der Waals surface area contributed by atoms with Crippen LogP contribution in [0.2, 0.25) is 5.02 Å². The Morgan fingerprint density at radius 1 is 0.833 bits per heavy atom. The molecule has 3 heterocycles. The van der Waals surface area contributed by atoms with Crippen LogP contribution in [-0.4, -0.2) is 19.3 Å². The van der Waals surface area contributed by atoms with Gasteiger partial charge in [0, 0.05) is 46.0 Å². The van der Waals surface area contributed by atoms with Crippen molar-refractivity contribution < 1.29 is 19.0 Å². The minimum atomic E-state index is -1.01. The molecule has 0 saturated heterocycles. The molecule has 2 unspecified atom stereocenters. The summed E-state index contributed by atoms with van der Waals surface area (Å²) in [5.41, 5.74) is 4.05. The topological polar surface area (TPSA) is 44.8 Å². The number of hydrogen-bond acceptors (Lipinski definition) is 4. The molecule has 1 spiro atoms. The molecule has 7 rings (SSSR count). The lowest BCUT2D eigenvalue weighted by atomic mass is 9.77. The molecule has 0 fully saturated rings. The Hall–Kier alpha value is -3.80. The predicted molar refractivity (Wildman–Crippen MR) is 137 cm³/mol. The van der Waals surface area contributed by atoms with Crippen LogP contribution in [0.5, 0.6) is 17.2 Å². The highest BCUT2D eigenvalue weighted by atomic mass is 35.5. The molecule has 176 valence electrons. The van der Waals surface area contributed by atoms with Gasteiger partial charge in [-0.15, -0.1) is 0 Å². The first-order valence-electron chi connectivity index (χ1n) is 11.7. The molecule has 4 aromatic rings. The fraction of sp³-hybridized carbons (Fsp3) is 0.133. The van der Waals surface area contributed by atoms with E-state index in [9.17, 15) is 0 Å². The highest BCUT2D eigenvalue weighted by Gasteiger charge is 2.67. The van der Waals surface area contributed by atoms with Crippen LogP contribution in [-0.2, 0) is 16.8 Å². The van der Waals surface area contributed by atoms with Crippen molar-refractivity contribution in [1.29, 1.82) is 0 Å².